The molecule has 3 aromatic heterocycles. The van der Waals surface area contributed by atoms with Gasteiger partial charge in [0.05, 0.1) is 16.7 Å². The molecule has 3 aromatic carbocycles. The molecule has 0 bridgehead atoms. The third kappa shape index (κ3) is 6.02. The summed E-state index contributed by atoms with van der Waals surface area (Å²) in [4.78, 5) is 21.4. The van der Waals surface area contributed by atoms with Crippen LogP contribution in [0, 0.1) is 19.9 Å². The first kappa shape index (κ1) is 28.9. The zero-order chi connectivity index (χ0) is 28.3. The first-order chi connectivity index (χ1) is 20.0. The van der Waals surface area contributed by atoms with E-state index >= 15 is 0 Å². The van der Waals surface area contributed by atoms with E-state index in [-0.39, 0.29) is 26.5 Å². The molecule has 0 amide bonds. The third-order valence-corrected chi connectivity index (χ3v) is 6.92. The largest absolute Gasteiger partial charge is 0.500 e. The van der Waals surface area contributed by atoms with Crippen LogP contribution in [0.25, 0.3) is 44.5 Å². The molecule has 0 fully saturated rings. The molecule has 0 saturated heterocycles. The van der Waals surface area contributed by atoms with Gasteiger partial charge in [-0.25, -0.2) is 0 Å². The van der Waals surface area contributed by atoms with Crippen LogP contribution in [0.3, 0.4) is 0 Å². The second-order valence-electron chi connectivity index (χ2n) is 9.93. The maximum atomic E-state index is 12.6. The maximum absolute atomic E-state index is 12.6. The minimum atomic E-state index is -0.0280. The van der Waals surface area contributed by atoms with E-state index in [1.54, 1.807) is 36.5 Å². The van der Waals surface area contributed by atoms with Crippen molar-refractivity contribution in [3.8, 4) is 28.3 Å². The Morgan fingerprint density at radius 3 is 2.36 bits per heavy atom. The smallest absolute Gasteiger partial charge is 0.182 e. The zero-order valence-corrected chi connectivity index (χ0v) is 25.4. The van der Waals surface area contributed by atoms with Gasteiger partial charge < -0.3 is 14.1 Å². The van der Waals surface area contributed by atoms with Gasteiger partial charge in [-0.05, 0) is 103 Å². The molecule has 0 saturated carbocycles. The molecule has 4 heterocycles. The fourth-order valence-corrected chi connectivity index (χ4v) is 4.77. The second-order valence-corrected chi connectivity index (χ2v) is 9.93. The number of benzene rings is 3. The summed E-state index contributed by atoms with van der Waals surface area (Å²) >= 11 is 0. The molecule has 0 radical (unpaired) electrons. The number of aromatic nitrogens is 2. The van der Waals surface area contributed by atoms with Gasteiger partial charge in [-0.3, -0.25) is 9.78 Å². The molecular weight excluding hydrogens is 703 g/mol. The number of hydrogen-bond donors (Lipinski definition) is 0. The van der Waals surface area contributed by atoms with Gasteiger partial charge in [0.15, 0.2) is 5.43 Å². The normalized spacial score (nSPS) is 11.8. The van der Waals surface area contributed by atoms with E-state index in [0.717, 1.165) is 46.0 Å². The molecule has 7 rings (SSSR count). The van der Waals surface area contributed by atoms with E-state index in [1.165, 1.54) is 11.1 Å². The van der Waals surface area contributed by atoms with Crippen molar-refractivity contribution in [2.45, 2.75) is 20.3 Å². The Hall–Kier alpha value is -4.60. The number of para-hydroxylation sites is 1. The van der Waals surface area contributed by atoms with E-state index in [2.05, 4.69) is 41.7 Å². The molecule has 0 unspecified atom stereocenters. The van der Waals surface area contributed by atoms with Gasteiger partial charge in [-0.2, -0.15) is 0 Å². The number of ether oxygens (including phenoxy) is 1. The average Bonchev–Trinajstić information content (AvgIpc) is 3.01. The van der Waals surface area contributed by atoms with Crippen LogP contribution in [0.15, 0.2) is 125 Å². The van der Waals surface area contributed by atoms with Gasteiger partial charge in [0.1, 0.15) is 17.1 Å². The quantitative estimate of drug-likeness (QED) is 0.136. The van der Waals surface area contributed by atoms with Crippen LogP contribution in [0.1, 0.15) is 16.7 Å². The summed E-state index contributed by atoms with van der Waals surface area (Å²) in [5.74, 6) is 1.74. The minimum Gasteiger partial charge on any atom is -0.500 e. The Balaban J connectivity index is 0.000000166. The number of pyridine rings is 2. The van der Waals surface area contributed by atoms with Crippen molar-refractivity contribution in [1.29, 1.82) is 0 Å². The third-order valence-electron chi connectivity index (χ3n) is 6.92. The fraction of sp³-hybridized carbons (Fsp3) is 0.0833. The monoisotopic (exact) mass is 730 g/mol. The van der Waals surface area contributed by atoms with Gasteiger partial charge in [0.25, 0.3) is 0 Å². The first-order valence-electron chi connectivity index (χ1n) is 13.4. The number of hydrogen-bond acceptors (Lipinski definition) is 5. The summed E-state index contributed by atoms with van der Waals surface area (Å²) in [6, 6.07) is 28.1. The maximum Gasteiger partial charge on any atom is 0.182 e. The van der Waals surface area contributed by atoms with Gasteiger partial charge in [-0.15, -0.1) is 23.8 Å². The van der Waals surface area contributed by atoms with E-state index in [4.69, 9.17) is 9.15 Å². The molecule has 0 spiro atoms. The van der Waals surface area contributed by atoms with Crippen molar-refractivity contribution in [3.63, 3.8) is 0 Å². The minimum absolute atomic E-state index is 0. The summed E-state index contributed by atoms with van der Waals surface area (Å²) in [6.07, 6.45) is 8.25. The number of rotatable bonds is 3. The van der Waals surface area contributed by atoms with Crippen LogP contribution in [0.4, 0.5) is 0 Å². The topological polar surface area (TPSA) is 65.2 Å². The van der Waals surface area contributed by atoms with Crippen LogP contribution in [-0.4, -0.2) is 9.97 Å². The summed E-state index contributed by atoms with van der Waals surface area (Å²) in [5.41, 5.74) is 8.34. The number of nitrogens with zero attached hydrogens (tertiary/aromatic N) is 2. The van der Waals surface area contributed by atoms with Crippen molar-refractivity contribution in [1.82, 2.24) is 9.97 Å². The SMILES string of the molecule is C=CC1=CCc2cc(-c3cc(C)ccn3)ccc2O1.Cc1ccnc(-c2[c-]cc3oc4ccccc4c(=O)c3c2)c1.[Pt]. The molecule has 5 nitrogen and oxygen atoms in total. The van der Waals surface area contributed by atoms with Gasteiger partial charge >= 0.3 is 0 Å². The Bertz CT molecular complexity index is 2030. The molecule has 0 aliphatic carbocycles. The van der Waals surface area contributed by atoms with Crippen LogP contribution < -0.4 is 10.2 Å². The summed E-state index contributed by atoms with van der Waals surface area (Å²) in [7, 11) is 0. The molecule has 0 atom stereocenters. The molecule has 42 heavy (non-hydrogen) atoms. The predicted molar refractivity (Wildman–Crippen MR) is 164 cm³/mol. The summed E-state index contributed by atoms with van der Waals surface area (Å²) in [5, 5.41) is 1.14. The number of allylic oxidation sites excluding steroid dienone is 2. The van der Waals surface area contributed by atoms with E-state index in [1.807, 2.05) is 61.7 Å². The second kappa shape index (κ2) is 12.5. The first-order valence-corrected chi connectivity index (χ1v) is 13.4. The van der Waals surface area contributed by atoms with Crippen LogP contribution in [-0.2, 0) is 27.5 Å². The van der Waals surface area contributed by atoms with Gasteiger partial charge in [-0.1, -0.05) is 30.3 Å². The number of fused-ring (bicyclic) bond motifs is 3. The van der Waals surface area contributed by atoms with Gasteiger partial charge in [0.2, 0.25) is 0 Å². The molecule has 1 aliphatic heterocycles. The van der Waals surface area contributed by atoms with Crippen molar-refractivity contribution in [3.05, 3.63) is 149 Å². The molecular formula is C36H27N2O3Pt-. The van der Waals surface area contributed by atoms with Crippen molar-refractivity contribution in [2.24, 2.45) is 0 Å². The predicted octanol–water partition coefficient (Wildman–Crippen LogP) is 8.18. The van der Waals surface area contributed by atoms with Gasteiger partial charge in [0, 0.05) is 39.0 Å². The Morgan fingerprint density at radius 1 is 0.857 bits per heavy atom. The van der Waals surface area contributed by atoms with E-state index < -0.39 is 0 Å². The molecule has 0 N–H and O–H groups in total. The van der Waals surface area contributed by atoms with Crippen LogP contribution in [0.2, 0.25) is 0 Å². The summed E-state index contributed by atoms with van der Waals surface area (Å²) in [6.45, 7) is 7.81. The fourth-order valence-electron chi connectivity index (χ4n) is 4.77. The van der Waals surface area contributed by atoms with Crippen LogP contribution in [0.5, 0.6) is 5.75 Å². The number of aryl methyl sites for hydroxylation is 2. The Kier molecular flexibility index (Phi) is 8.61. The van der Waals surface area contributed by atoms with Crippen molar-refractivity contribution >= 4 is 21.9 Å². The van der Waals surface area contributed by atoms with Crippen molar-refractivity contribution in [2.75, 3.05) is 0 Å². The molecule has 1 aliphatic rings. The standard InChI is InChI=1S/C19H12NO2.C17H15NO.Pt/c1-12-8-9-20-16(10-12)13-6-7-18-15(11-13)19(21)14-4-2-3-5-17(14)22-18;1-3-15-6-4-14-11-13(5-7-17(14)19-15)16-10-12(2)8-9-18-16;/h2-5,7-11H,1H3;3,5-11H,1,4H2,2H3;/q-1;;. The Morgan fingerprint density at radius 2 is 1.60 bits per heavy atom. The Labute approximate surface area is 258 Å². The zero-order valence-electron chi connectivity index (χ0n) is 23.2. The van der Waals surface area contributed by atoms with E-state index in [0.29, 0.717) is 21.9 Å². The summed E-state index contributed by atoms with van der Waals surface area (Å²) < 4.78 is 11.5. The molecule has 6 aromatic rings. The van der Waals surface area contributed by atoms with E-state index in [9.17, 15) is 4.79 Å². The molecule has 6 heteroatoms. The van der Waals surface area contributed by atoms with Crippen LogP contribution >= 0.6 is 0 Å². The molecule has 210 valence electrons. The average molecular weight is 731 g/mol. The van der Waals surface area contributed by atoms with Crippen molar-refractivity contribution < 1.29 is 30.2 Å².